The third kappa shape index (κ3) is 2.78. The summed E-state index contributed by atoms with van der Waals surface area (Å²) in [5, 5.41) is 11.5. The number of ether oxygens (including phenoxy) is 2. The van der Waals surface area contributed by atoms with Crippen LogP contribution in [0, 0.1) is 0 Å². The van der Waals surface area contributed by atoms with Crippen LogP contribution in [0.25, 0.3) is 11.3 Å². The molecular weight excluding hydrogens is 302 g/mol. The fraction of sp³-hybridized carbons (Fsp3) is 0.438. The Hall–Kier alpha value is -1.72. The van der Waals surface area contributed by atoms with Crippen molar-refractivity contribution in [1.82, 2.24) is 15.5 Å². The van der Waals surface area contributed by atoms with Crippen molar-refractivity contribution in [2.45, 2.75) is 26.8 Å². The molecule has 0 saturated heterocycles. The lowest BCUT2D eigenvalue weighted by Crippen LogP contribution is -2.23. The SMILES string of the molecule is CCOc1cc(-c2n[nH]c3c2CNCC3)cc(Cl)c1OCC. The second-order valence-corrected chi connectivity index (χ2v) is 5.51. The van der Waals surface area contributed by atoms with Gasteiger partial charge in [0, 0.05) is 36.3 Å². The number of rotatable bonds is 5. The Morgan fingerprint density at radius 3 is 2.82 bits per heavy atom. The number of fused-ring (bicyclic) bond motifs is 1. The Morgan fingerprint density at radius 1 is 1.23 bits per heavy atom. The van der Waals surface area contributed by atoms with E-state index in [1.54, 1.807) is 0 Å². The number of nitrogens with zero attached hydrogens (tertiary/aromatic N) is 1. The van der Waals surface area contributed by atoms with E-state index in [4.69, 9.17) is 21.1 Å². The minimum Gasteiger partial charge on any atom is -0.490 e. The summed E-state index contributed by atoms with van der Waals surface area (Å²) in [5.74, 6) is 1.25. The summed E-state index contributed by atoms with van der Waals surface area (Å²) in [6.45, 7) is 6.76. The number of H-pyrrole nitrogens is 1. The van der Waals surface area contributed by atoms with Crippen LogP contribution in [0.5, 0.6) is 11.5 Å². The Balaban J connectivity index is 2.06. The van der Waals surface area contributed by atoms with Gasteiger partial charge in [0.05, 0.1) is 23.9 Å². The number of hydrogen-bond acceptors (Lipinski definition) is 4. The van der Waals surface area contributed by atoms with Crippen LogP contribution >= 0.6 is 11.6 Å². The smallest absolute Gasteiger partial charge is 0.179 e. The van der Waals surface area contributed by atoms with Crippen molar-refractivity contribution >= 4 is 11.6 Å². The van der Waals surface area contributed by atoms with Crippen molar-refractivity contribution in [3.63, 3.8) is 0 Å². The van der Waals surface area contributed by atoms with Crippen LogP contribution in [-0.2, 0) is 13.0 Å². The third-order valence-corrected chi connectivity index (χ3v) is 3.96. The van der Waals surface area contributed by atoms with Crippen LogP contribution in [0.2, 0.25) is 5.02 Å². The number of aromatic nitrogens is 2. The van der Waals surface area contributed by atoms with Crippen molar-refractivity contribution in [2.24, 2.45) is 0 Å². The van der Waals surface area contributed by atoms with Gasteiger partial charge in [-0.1, -0.05) is 11.6 Å². The summed E-state index contributed by atoms with van der Waals surface area (Å²) in [6, 6.07) is 3.84. The standard InChI is InChI=1S/C16H20ClN3O2/c1-3-21-14-8-10(7-12(17)16(14)22-4-2)15-11-9-18-6-5-13(11)19-20-15/h7-8,18H,3-6,9H2,1-2H3,(H,19,20). The lowest BCUT2D eigenvalue weighted by Gasteiger charge is -2.16. The first-order chi connectivity index (χ1) is 10.7. The molecule has 0 radical (unpaired) electrons. The van der Waals surface area contributed by atoms with Crippen LogP contribution < -0.4 is 14.8 Å². The van der Waals surface area contributed by atoms with Gasteiger partial charge in [0.25, 0.3) is 0 Å². The van der Waals surface area contributed by atoms with E-state index < -0.39 is 0 Å². The maximum absolute atomic E-state index is 6.39. The van der Waals surface area contributed by atoms with E-state index in [2.05, 4.69) is 15.5 Å². The minimum absolute atomic E-state index is 0.543. The molecule has 0 bridgehead atoms. The van der Waals surface area contributed by atoms with Gasteiger partial charge in [-0.05, 0) is 26.0 Å². The van der Waals surface area contributed by atoms with Crippen LogP contribution in [-0.4, -0.2) is 30.0 Å². The molecule has 0 atom stereocenters. The summed E-state index contributed by atoms with van der Waals surface area (Å²) in [5.41, 5.74) is 4.26. The van der Waals surface area contributed by atoms with Crippen molar-refractivity contribution in [1.29, 1.82) is 0 Å². The van der Waals surface area contributed by atoms with Crippen LogP contribution in [0.4, 0.5) is 0 Å². The number of halogens is 1. The normalized spacial score (nSPS) is 13.8. The van der Waals surface area contributed by atoms with Crippen molar-refractivity contribution in [3.8, 4) is 22.8 Å². The Kier molecular flexibility index (Phi) is 4.55. The van der Waals surface area contributed by atoms with Gasteiger partial charge in [-0.25, -0.2) is 0 Å². The van der Waals surface area contributed by atoms with Gasteiger partial charge in [0.1, 0.15) is 0 Å². The molecule has 0 fully saturated rings. The molecule has 2 heterocycles. The zero-order chi connectivity index (χ0) is 15.5. The zero-order valence-corrected chi connectivity index (χ0v) is 13.6. The fourth-order valence-electron chi connectivity index (χ4n) is 2.72. The Morgan fingerprint density at radius 2 is 2.05 bits per heavy atom. The average molecular weight is 322 g/mol. The topological polar surface area (TPSA) is 59.2 Å². The molecule has 0 aliphatic carbocycles. The first kappa shape index (κ1) is 15.2. The lowest BCUT2D eigenvalue weighted by molar-refractivity contribution is 0.288. The number of nitrogens with one attached hydrogen (secondary N) is 2. The van der Waals surface area contributed by atoms with Crippen molar-refractivity contribution in [3.05, 3.63) is 28.4 Å². The summed E-state index contributed by atoms with van der Waals surface area (Å²) < 4.78 is 11.3. The first-order valence-electron chi connectivity index (χ1n) is 7.60. The van der Waals surface area contributed by atoms with E-state index in [-0.39, 0.29) is 0 Å². The predicted octanol–water partition coefficient (Wildman–Crippen LogP) is 3.17. The highest BCUT2D eigenvalue weighted by molar-refractivity contribution is 6.32. The molecule has 1 aliphatic rings. The Labute approximate surface area is 135 Å². The minimum atomic E-state index is 0.543. The maximum Gasteiger partial charge on any atom is 0.179 e. The van der Waals surface area contributed by atoms with Crippen LogP contribution in [0.15, 0.2) is 12.1 Å². The van der Waals surface area contributed by atoms with E-state index in [0.29, 0.717) is 29.7 Å². The largest absolute Gasteiger partial charge is 0.490 e. The lowest BCUT2D eigenvalue weighted by atomic mass is 10.0. The van der Waals surface area contributed by atoms with E-state index >= 15 is 0 Å². The van der Waals surface area contributed by atoms with E-state index in [1.807, 2.05) is 26.0 Å². The molecule has 1 aliphatic heterocycles. The molecule has 2 N–H and O–H groups in total. The monoisotopic (exact) mass is 321 g/mol. The molecule has 1 aromatic heterocycles. The molecule has 5 nitrogen and oxygen atoms in total. The van der Waals surface area contributed by atoms with Crippen LogP contribution in [0.1, 0.15) is 25.1 Å². The zero-order valence-electron chi connectivity index (χ0n) is 12.8. The van der Waals surface area contributed by atoms with Gasteiger partial charge in [0.15, 0.2) is 11.5 Å². The third-order valence-electron chi connectivity index (χ3n) is 3.68. The van der Waals surface area contributed by atoms with Gasteiger partial charge >= 0.3 is 0 Å². The van der Waals surface area contributed by atoms with Crippen molar-refractivity contribution in [2.75, 3.05) is 19.8 Å². The summed E-state index contributed by atoms with van der Waals surface area (Å²) in [4.78, 5) is 0. The molecule has 3 rings (SSSR count). The van der Waals surface area contributed by atoms with Gasteiger partial charge in [0.2, 0.25) is 0 Å². The van der Waals surface area contributed by atoms with E-state index in [0.717, 1.165) is 30.8 Å². The maximum atomic E-state index is 6.39. The summed E-state index contributed by atoms with van der Waals surface area (Å²) >= 11 is 6.39. The predicted molar refractivity (Wildman–Crippen MR) is 86.8 cm³/mol. The highest BCUT2D eigenvalue weighted by Gasteiger charge is 2.20. The molecule has 6 heteroatoms. The Bertz CT molecular complexity index is 670. The quantitative estimate of drug-likeness (QED) is 0.888. The highest BCUT2D eigenvalue weighted by atomic mass is 35.5. The molecular formula is C16H20ClN3O2. The average Bonchev–Trinajstić information content (AvgIpc) is 2.95. The first-order valence-corrected chi connectivity index (χ1v) is 7.98. The van der Waals surface area contributed by atoms with Gasteiger partial charge in [-0.3, -0.25) is 5.10 Å². The molecule has 0 spiro atoms. The van der Waals surface area contributed by atoms with E-state index in [9.17, 15) is 0 Å². The molecule has 2 aromatic rings. The second kappa shape index (κ2) is 6.58. The molecule has 22 heavy (non-hydrogen) atoms. The second-order valence-electron chi connectivity index (χ2n) is 5.11. The summed E-state index contributed by atoms with van der Waals surface area (Å²) in [6.07, 6.45) is 0.964. The molecule has 0 saturated carbocycles. The van der Waals surface area contributed by atoms with Gasteiger partial charge in [-0.2, -0.15) is 5.10 Å². The number of benzene rings is 1. The van der Waals surface area contributed by atoms with Gasteiger partial charge in [-0.15, -0.1) is 0 Å². The molecule has 0 unspecified atom stereocenters. The fourth-order valence-corrected chi connectivity index (χ4v) is 2.98. The molecule has 1 aromatic carbocycles. The number of hydrogen-bond donors (Lipinski definition) is 2. The summed E-state index contributed by atoms with van der Waals surface area (Å²) in [7, 11) is 0. The highest BCUT2D eigenvalue weighted by Crippen LogP contribution is 2.40. The molecule has 0 amide bonds. The number of aromatic amines is 1. The van der Waals surface area contributed by atoms with Crippen molar-refractivity contribution < 1.29 is 9.47 Å². The van der Waals surface area contributed by atoms with Crippen LogP contribution in [0.3, 0.4) is 0 Å². The molecule has 118 valence electrons. The van der Waals surface area contributed by atoms with E-state index in [1.165, 1.54) is 11.3 Å². The van der Waals surface area contributed by atoms with Gasteiger partial charge < -0.3 is 14.8 Å².